The Bertz CT molecular complexity index is 241. The third-order valence-corrected chi connectivity index (χ3v) is 1.09. The van der Waals surface area contributed by atoms with Crippen molar-refractivity contribution in [2.24, 2.45) is 5.16 Å². The second-order valence-corrected chi connectivity index (χ2v) is 2.29. The monoisotopic (exact) mass is 181 g/mol. The van der Waals surface area contributed by atoms with Crippen molar-refractivity contribution in [2.45, 2.75) is 13.8 Å². The van der Waals surface area contributed by atoms with E-state index in [2.05, 4.69) is 10.5 Å². The first-order valence-electron chi connectivity index (χ1n) is 3.96. The summed E-state index contributed by atoms with van der Waals surface area (Å²) in [4.78, 5) is 4.88. The van der Waals surface area contributed by atoms with Gasteiger partial charge in [0.1, 0.15) is 5.76 Å². The molecule has 0 bridgehead atoms. The molecule has 0 atom stereocenters. The lowest BCUT2D eigenvalue weighted by atomic mass is 10.3. The molecule has 0 aromatic heterocycles. The number of nitrogens with one attached hydrogen (secondary N) is 2. The van der Waals surface area contributed by atoms with Gasteiger partial charge in [0, 0.05) is 19.3 Å². The highest BCUT2D eigenvalue weighted by Gasteiger charge is 1.89. The third kappa shape index (κ3) is 6.80. The molecule has 0 aliphatic rings. The summed E-state index contributed by atoms with van der Waals surface area (Å²) in [5.41, 5.74) is 0.359. The van der Waals surface area contributed by atoms with Gasteiger partial charge in [-0.05, 0) is 26.1 Å². The molecule has 0 unspecified atom stereocenters. The van der Waals surface area contributed by atoms with Crippen LogP contribution >= 0.6 is 0 Å². The third-order valence-electron chi connectivity index (χ3n) is 1.09. The number of nitrogens with zero attached hydrogens (tertiary/aromatic N) is 1. The van der Waals surface area contributed by atoms with E-state index in [-0.39, 0.29) is 0 Å². The van der Waals surface area contributed by atoms with E-state index < -0.39 is 0 Å². The molecule has 0 fully saturated rings. The zero-order valence-corrected chi connectivity index (χ0v) is 8.16. The lowest BCUT2D eigenvalue weighted by Crippen LogP contribution is -1.95. The van der Waals surface area contributed by atoms with E-state index in [1.54, 1.807) is 45.5 Å². The molecule has 0 saturated carbocycles. The molecule has 13 heavy (non-hydrogen) atoms. The zero-order valence-electron chi connectivity index (χ0n) is 8.16. The standard InChI is InChI=1S/C9H15N3O/c1-4-12-13-8(2)7-9(10)5-6-11-3/h4-7,10-11H,1-3H3/b6-5+,8-7+,10-9?,12-4+. The predicted octanol–water partition coefficient (Wildman–Crippen LogP) is 1.67. The van der Waals surface area contributed by atoms with E-state index in [1.807, 2.05) is 0 Å². The fourth-order valence-electron chi connectivity index (χ4n) is 0.602. The minimum absolute atomic E-state index is 0.359. The van der Waals surface area contributed by atoms with Crippen LogP contribution in [0.2, 0.25) is 0 Å². The van der Waals surface area contributed by atoms with Crippen molar-refractivity contribution in [3.05, 3.63) is 24.1 Å². The Labute approximate surface area is 78.5 Å². The molecule has 2 N–H and O–H groups in total. The van der Waals surface area contributed by atoms with Crippen LogP contribution in [-0.4, -0.2) is 19.0 Å². The van der Waals surface area contributed by atoms with Gasteiger partial charge in [-0.1, -0.05) is 5.16 Å². The van der Waals surface area contributed by atoms with E-state index in [0.29, 0.717) is 11.5 Å². The normalized spacial score (nSPS) is 12.4. The van der Waals surface area contributed by atoms with E-state index in [1.165, 1.54) is 0 Å². The molecule has 0 spiro atoms. The molecule has 72 valence electrons. The molecule has 0 aliphatic heterocycles. The predicted molar refractivity (Wildman–Crippen MR) is 54.9 cm³/mol. The van der Waals surface area contributed by atoms with Gasteiger partial charge in [-0.3, -0.25) is 0 Å². The van der Waals surface area contributed by atoms with Crippen molar-refractivity contribution in [1.29, 1.82) is 5.41 Å². The van der Waals surface area contributed by atoms with E-state index >= 15 is 0 Å². The van der Waals surface area contributed by atoms with Gasteiger partial charge in [0.25, 0.3) is 0 Å². The van der Waals surface area contributed by atoms with Crippen LogP contribution in [0.25, 0.3) is 0 Å². The van der Waals surface area contributed by atoms with Gasteiger partial charge >= 0.3 is 0 Å². The largest absolute Gasteiger partial charge is 0.394 e. The Morgan fingerprint density at radius 3 is 2.77 bits per heavy atom. The van der Waals surface area contributed by atoms with Crippen LogP contribution in [0.5, 0.6) is 0 Å². The molecule has 0 aromatic rings. The van der Waals surface area contributed by atoms with E-state index in [4.69, 9.17) is 10.2 Å². The van der Waals surface area contributed by atoms with Crippen LogP contribution in [0, 0.1) is 5.41 Å². The number of rotatable bonds is 5. The van der Waals surface area contributed by atoms with Gasteiger partial charge < -0.3 is 15.6 Å². The summed E-state index contributed by atoms with van der Waals surface area (Å²) in [7, 11) is 1.78. The second kappa shape index (κ2) is 7.09. The first-order chi connectivity index (χ1) is 6.20. The molecule has 0 aromatic carbocycles. The molecular formula is C9H15N3O. The summed E-state index contributed by atoms with van der Waals surface area (Å²) in [5.74, 6) is 0.587. The SMILES string of the molecule is C/C=N/O/C(C)=C/C(=N)/C=C/NC. The Morgan fingerprint density at radius 2 is 2.23 bits per heavy atom. The summed E-state index contributed by atoms with van der Waals surface area (Å²) in [6, 6.07) is 0. The molecule has 0 saturated heterocycles. The fraction of sp³-hybridized carbons (Fsp3) is 0.333. The van der Waals surface area contributed by atoms with Gasteiger partial charge in [0.2, 0.25) is 0 Å². The van der Waals surface area contributed by atoms with Crippen LogP contribution in [0.15, 0.2) is 29.3 Å². The Hall–Kier alpha value is -1.58. The molecule has 4 heteroatoms. The summed E-state index contributed by atoms with van der Waals surface area (Å²) >= 11 is 0. The zero-order chi connectivity index (χ0) is 10.1. The topological polar surface area (TPSA) is 57.5 Å². The quantitative estimate of drug-likeness (QED) is 0.385. The van der Waals surface area contributed by atoms with Crippen LogP contribution in [0.1, 0.15) is 13.8 Å². The highest BCUT2D eigenvalue weighted by atomic mass is 16.6. The maximum atomic E-state index is 7.42. The average Bonchev–Trinajstić information content (AvgIpc) is 2.11. The van der Waals surface area contributed by atoms with E-state index in [0.717, 1.165) is 0 Å². The van der Waals surface area contributed by atoms with Crippen LogP contribution < -0.4 is 5.32 Å². The lowest BCUT2D eigenvalue weighted by Gasteiger charge is -1.96. The fourth-order valence-corrected chi connectivity index (χ4v) is 0.602. The number of hydrogen-bond acceptors (Lipinski definition) is 4. The van der Waals surface area contributed by atoms with Gasteiger partial charge in [0.05, 0.1) is 5.71 Å². The van der Waals surface area contributed by atoms with Crippen molar-refractivity contribution < 1.29 is 4.84 Å². The molecule has 0 radical (unpaired) electrons. The molecule has 0 rings (SSSR count). The molecule has 0 heterocycles. The maximum absolute atomic E-state index is 7.42. The molecular weight excluding hydrogens is 166 g/mol. The summed E-state index contributed by atoms with van der Waals surface area (Å²) < 4.78 is 0. The van der Waals surface area contributed by atoms with Crippen LogP contribution in [-0.2, 0) is 4.84 Å². The van der Waals surface area contributed by atoms with Crippen molar-refractivity contribution in [2.75, 3.05) is 7.05 Å². The summed E-state index contributed by atoms with van der Waals surface area (Å²) in [6.45, 7) is 3.51. The number of allylic oxidation sites excluding steroid dienone is 3. The van der Waals surface area contributed by atoms with Gasteiger partial charge in [-0.2, -0.15) is 0 Å². The Morgan fingerprint density at radius 1 is 1.54 bits per heavy atom. The smallest absolute Gasteiger partial charge is 0.134 e. The Balaban J connectivity index is 4.05. The van der Waals surface area contributed by atoms with Crippen LogP contribution in [0.4, 0.5) is 0 Å². The highest BCUT2D eigenvalue weighted by Crippen LogP contribution is 1.96. The first-order valence-corrected chi connectivity index (χ1v) is 3.96. The van der Waals surface area contributed by atoms with Crippen molar-refractivity contribution >= 4 is 11.9 Å². The van der Waals surface area contributed by atoms with Crippen molar-refractivity contribution in [1.82, 2.24) is 5.32 Å². The van der Waals surface area contributed by atoms with Crippen LogP contribution in [0.3, 0.4) is 0 Å². The number of oxime groups is 1. The van der Waals surface area contributed by atoms with Crippen molar-refractivity contribution in [3.8, 4) is 0 Å². The number of hydrogen-bond donors (Lipinski definition) is 2. The summed E-state index contributed by atoms with van der Waals surface area (Å²) in [5, 5.41) is 13.8. The van der Waals surface area contributed by atoms with Gasteiger partial charge in [-0.25, -0.2) is 0 Å². The van der Waals surface area contributed by atoms with Gasteiger partial charge in [-0.15, -0.1) is 0 Å². The Kier molecular flexibility index (Phi) is 6.23. The maximum Gasteiger partial charge on any atom is 0.134 e. The minimum Gasteiger partial charge on any atom is -0.394 e. The minimum atomic E-state index is 0.359. The van der Waals surface area contributed by atoms with E-state index in [9.17, 15) is 0 Å². The molecule has 4 nitrogen and oxygen atoms in total. The van der Waals surface area contributed by atoms with Gasteiger partial charge in [0.15, 0.2) is 0 Å². The molecule has 0 aliphatic carbocycles. The molecule has 0 amide bonds. The highest BCUT2D eigenvalue weighted by molar-refractivity contribution is 6.01. The average molecular weight is 181 g/mol. The summed E-state index contributed by atoms with van der Waals surface area (Å²) in [6.07, 6.45) is 6.43. The second-order valence-electron chi connectivity index (χ2n) is 2.29. The lowest BCUT2D eigenvalue weighted by molar-refractivity contribution is 0.232. The first kappa shape index (κ1) is 11.4. The van der Waals surface area contributed by atoms with Crippen molar-refractivity contribution in [3.63, 3.8) is 0 Å².